The van der Waals surface area contributed by atoms with Crippen molar-refractivity contribution in [2.24, 2.45) is 5.10 Å². The molecule has 5 heteroatoms. The van der Waals surface area contributed by atoms with Crippen molar-refractivity contribution in [3.63, 3.8) is 0 Å². The van der Waals surface area contributed by atoms with Gasteiger partial charge in [0.25, 0.3) is 0 Å². The van der Waals surface area contributed by atoms with E-state index in [4.69, 9.17) is 12.2 Å². The van der Waals surface area contributed by atoms with Crippen LogP contribution in [0.1, 0.15) is 102 Å². The van der Waals surface area contributed by atoms with Crippen molar-refractivity contribution in [3.8, 4) is 5.75 Å². The molecule has 0 atom stereocenters. The smallest absolute Gasteiger partial charge is 0.186 e. The fraction of sp³-hybridized carbons (Fsp3) is 0.667. The zero-order valence-corrected chi connectivity index (χ0v) is 19.1. The third-order valence-electron chi connectivity index (χ3n) is 5.12. The molecule has 29 heavy (non-hydrogen) atoms. The minimum absolute atomic E-state index is 0.208. The summed E-state index contributed by atoms with van der Waals surface area (Å²) < 4.78 is 0. The zero-order chi connectivity index (χ0) is 21.0. The Labute approximate surface area is 183 Å². The lowest BCUT2D eigenvalue weighted by atomic mass is 10.0. The van der Waals surface area contributed by atoms with Gasteiger partial charge in [-0.05, 0) is 30.8 Å². The summed E-state index contributed by atoms with van der Waals surface area (Å²) in [7, 11) is 0. The zero-order valence-electron chi connectivity index (χ0n) is 18.3. The van der Waals surface area contributed by atoms with Crippen LogP contribution in [-0.4, -0.2) is 23.0 Å². The second kappa shape index (κ2) is 18.4. The standard InChI is InChI=1S/C24H41N3OS/c1-2-3-4-5-6-7-8-9-10-11-12-13-14-17-20-25-24(29)27-26-21-22-18-15-16-19-23(22)28/h15-16,18-19,21,28H,2-14,17,20H2,1H3,(H2,25,27,29)/b26-21-. The Hall–Kier alpha value is -1.62. The Morgan fingerprint density at radius 2 is 1.38 bits per heavy atom. The van der Waals surface area contributed by atoms with Crippen molar-refractivity contribution in [2.75, 3.05) is 6.54 Å². The van der Waals surface area contributed by atoms with E-state index in [1.54, 1.807) is 24.4 Å². The second-order valence-corrected chi connectivity index (χ2v) is 8.19. The Morgan fingerprint density at radius 1 is 0.862 bits per heavy atom. The van der Waals surface area contributed by atoms with Crippen LogP contribution in [0.5, 0.6) is 5.75 Å². The van der Waals surface area contributed by atoms with Crippen molar-refractivity contribution in [1.82, 2.24) is 10.7 Å². The average Bonchev–Trinajstić information content (AvgIpc) is 2.72. The molecule has 0 aliphatic carbocycles. The SMILES string of the molecule is CCCCCCCCCCCCCCCCNC(=S)N/N=C\c1ccccc1O. The molecule has 0 radical (unpaired) electrons. The number of hydrazone groups is 1. The first-order chi connectivity index (χ1) is 14.2. The molecule has 0 saturated carbocycles. The van der Waals surface area contributed by atoms with Gasteiger partial charge in [0.05, 0.1) is 6.21 Å². The Balaban J connectivity index is 1.85. The van der Waals surface area contributed by atoms with Crippen LogP contribution in [0.2, 0.25) is 0 Å². The highest BCUT2D eigenvalue weighted by Crippen LogP contribution is 2.13. The van der Waals surface area contributed by atoms with Crippen molar-refractivity contribution < 1.29 is 5.11 Å². The Morgan fingerprint density at radius 3 is 1.93 bits per heavy atom. The second-order valence-electron chi connectivity index (χ2n) is 7.78. The molecule has 0 heterocycles. The lowest BCUT2D eigenvalue weighted by molar-refractivity contribution is 0.474. The Bertz CT molecular complexity index is 563. The molecule has 3 N–H and O–H groups in total. The van der Waals surface area contributed by atoms with E-state index in [0.717, 1.165) is 13.0 Å². The molecule has 0 spiro atoms. The highest BCUT2D eigenvalue weighted by atomic mass is 32.1. The highest BCUT2D eigenvalue weighted by molar-refractivity contribution is 7.80. The van der Waals surface area contributed by atoms with Gasteiger partial charge in [0.1, 0.15) is 5.75 Å². The maximum Gasteiger partial charge on any atom is 0.186 e. The normalized spacial score (nSPS) is 11.1. The number of thiocarbonyl (C=S) groups is 1. The van der Waals surface area contributed by atoms with Crippen LogP contribution < -0.4 is 10.7 Å². The summed E-state index contributed by atoms with van der Waals surface area (Å²) >= 11 is 5.20. The first-order valence-electron chi connectivity index (χ1n) is 11.6. The molecule has 0 aliphatic heterocycles. The summed E-state index contributed by atoms with van der Waals surface area (Å²) in [4.78, 5) is 0. The van der Waals surface area contributed by atoms with Crippen LogP contribution in [0.4, 0.5) is 0 Å². The molecule has 4 nitrogen and oxygen atoms in total. The molecule has 0 amide bonds. The number of rotatable bonds is 17. The maximum absolute atomic E-state index is 9.66. The lowest BCUT2D eigenvalue weighted by Crippen LogP contribution is -2.32. The fourth-order valence-corrected chi connectivity index (χ4v) is 3.47. The van der Waals surface area contributed by atoms with Crippen LogP contribution in [0.15, 0.2) is 29.4 Å². The topological polar surface area (TPSA) is 56.7 Å². The fourth-order valence-electron chi connectivity index (χ4n) is 3.32. The van der Waals surface area contributed by atoms with Crippen LogP contribution in [0.3, 0.4) is 0 Å². The largest absolute Gasteiger partial charge is 0.507 e. The van der Waals surface area contributed by atoms with E-state index >= 15 is 0 Å². The molecule has 0 saturated heterocycles. The number of unbranched alkanes of at least 4 members (excludes halogenated alkanes) is 13. The van der Waals surface area contributed by atoms with Crippen molar-refractivity contribution in [3.05, 3.63) is 29.8 Å². The van der Waals surface area contributed by atoms with Crippen molar-refractivity contribution >= 4 is 23.5 Å². The van der Waals surface area contributed by atoms with Crippen molar-refractivity contribution in [2.45, 2.75) is 96.8 Å². The molecule has 164 valence electrons. The third kappa shape index (κ3) is 15.0. The minimum atomic E-state index is 0.208. The van der Waals surface area contributed by atoms with Crippen LogP contribution in [-0.2, 0) is 0 Å². The number of para-hydroxylation sites is 1. The van der Waals surface area contributed by atoms with Gasteiger partial charge in [-0.25, -0.2) is 0 Å². The van der Waals surface area contributed by atoms with E-state index in [9.17, 15) is 5.11 Å². The van der Waals surface area contributed by atoms with Gasteiger partial charge in [-0.1, -0.05) is 103 Å². The molecule has 1 rings (SSSR count). The van der Waals surface area contributed by atoms with E-state index in [1.807, 2.05) is 6.07 Å². The lowest BCUT2D eigenvalue weighted by Gasteiger charge is -2.07. The van der Waals surface area contributed by atoms with Gasteiger partial charge in [-0.3, -0.25) is 5.43 Å². The molecule has 0 aromatic heterocycles. The number of nitrogens with one attached hydrogen (secondary N) is 2. The number of benzene rings is 1. The monoisotopic (exact) mass is 419 g/mol. The predicted molar refractivity (Wildman–Crippen MR) is 130 cm³/mol. The molecular formula is C24H41N3OS. The summed E-state index contributed by atoms with van der Waals surface area (Å²) in [5.74, 6) is 0.208. The molecular weight excluding hydrogens is 378 g/mol. The summed E-state index contributed by atoms with van der Waals surface area (Å²) in [5.41, 5.74) is 3.45. The van der Waals surface area contributed by atoms with Crippen molar-refractivity contribution in [1.29, 1.82) is 0 Å². The first kappa shape index (κ1) is 25.4. The van der Waals surface area contributed by atoms with E-state index in [2.05, 4.69) is 22.8 Å². The van der Waals surface area contributed by atoms with Gasteiger partial charge in [-0.2, -0.15) is 5.10 Å². The molecule has 1 aromatic rings. The van der Waals surface area contributed by atoms with Gasteiger partial charge in [-0.15, -0.1) is 0 Å². The van der Waals surface area contributed by atoms with Gasteiger partial charge in [0.15, 0.2) is 5.11 Å². The van der Waals surface area contributed by atoms with Crippen LogP contribution in [0, 0.1) is 0 Å². The van der Waals surface area contributed by atoms with Gasteiger partial charge >= 0.3 is 0 Å². The number of hydrogen-bond donors (Lipinski definition) is 3. The molecule has 1 aromatic carbocycles. The first-order valence-corrected chi connectivity index (χ1v) is 12.0. The minimum Gasteiger partial charge on any atom is -0.507 e. The number of hydrogen-bond acceptors (Lipinski definition) is 3. The van der Waals surface area contributed by atoms with E-state index < -0.39 is 0 Å². The number of phenols is 1. The molecule has 0 aliphatic rings. The Kier molecular flexibility index (Phi) is 16.1. The van der Waals surface area contributed by atoms with Gasteiger partial charge < -0.3 is 10.4 Å². The molecule has 0 unspecified atom stereocenters. The van der Waals surface area contributed by atoms with Crippen LogP contribution in [0.25, 0.3) is 0 Å². The summed E-state index contributed by atoms with van der Waals surface area (Å²) in [6, 6.07) is 7.06. The van der Waals surface area contributed by atoms with Gasteiger partial charge in [0.2, 0.25) is 0 Å². The predicted octanol–water partition coefficient (Wildman–Crippen LogP) is 6.67. The third-order valence-corrected chi connectivity index (χ3v) is 5.36. The quantitative estimate of drug-likeness (QED) is 0.114. The van der Waals surface area contributed by atoms with E-state index in [-0.39, 0.29) is 5.75 Å². The molecule has 0 bridgehead atoms. The summed E-state index contributed by atoms with van der Waals surface area (Å²) in [6.45, 7) is 3.15. The maximum atomic E-state index is 9.66. The number of nitrogens with zero attached hydrogens (tertiary/aromatic N) is 1. The number of phenolic OH excluding ortho intramolecular Hbond substituents is 1. The summed E-state index contributed by atoms with van der Waals surface area (Å²) in [6.07, 6.45) is 20.7. The van der Waals surface area contributed by atoms with Gasteiger partial charge in [0, 0.05) is 12.1 Å². The van der Waals surface area contributed by atoms with Crippen LogP contribution >= 0.6 is 12.2 Å². The summed E-state index contributed by atoms with van der Waals surface area (Å²) in [5, 5.41) is 17.4. The molecule has 0 fully saturated rings. The van der Waals surface area contributed by atoms with E-state index in [1.165, 1.54) is 83.5 Å². The highest BCUT2D eigenvalue weighted by Gasteiger charge is 1.97. The average molecular weight is 420 g/mol. The van der Waals surface area contributed by atoms with E-state index in [0.29, 0.717) is 10.7 Å². The number of aromatic hydroxyl groups is 1.